The number of nitriles is 1. The highest BCUT2D eigenvalue weighted by Gasteiger charge is 2.32. The van der Waals surface area contributed by atoms with Crippen molar-refractivity contribution in [3.8, 4) is 6.07 Å². The van der Waals surface area contributed by atoms with Crippen molar-refractivity contribution in [3.63, 3.8) is 0 Å². The van der Waals surface area contributed by atoms with Crippen LogP contribution in [0.4, 0.5) is 5.00 Å². The van der Waals surface area contributed by atoms with Gasteiger partial charge in [0.05, 0.1) is 11.5 Å². The molecule has 0 saturated carbocycles. The van der Waals surface area contributed by atoms with Crippen LogP contribution >= 0.6 is 11.3 Å². The van der Waals surface area contributed by atoms with Gasteiger partial charge >= 0.3 is 11.3 Å². The molecule has 2 aromatic rings. The van der Waals surface area contributed by atoms with E-state index in [9.17, 15) is 15.2 Å². The molecule has 2 aromatic heterocycles. The third-order valence-corrected chi connectivity index (χ3v) is 5.94. The summed E-state index contributed by atoms with van der Waals surface area (Å²) in [5.74, 6) is -0.178. The number of hydrogen-bond acceptors (Lipinski definition) is 6. The highest BCUT2D eigenvalue weighted by Crippen LogP contribution is 2.44. The normalized spacial score (nSPS) is 18.0. The van der Waals surface area contributed by atoms with Crippen molar-refractivity contribution in [1.29, 1.82) is 5.26 Å². The first-order valence-electron chi connectivity index (χ1n) is 8.10. The Hall–Kier alpha value is -2.40. The second kappa shape index (κ2) is 6.15. The quantitative estimate of drug-likeness (QED) is 0.495. The maximum absolute atomic E-state index is 12.4. The first-order chi connectivity index (χ1) is 11.7. The van der Waals surface area contributed by atoms with Crippen LogP contribution in [0.5, 0.6) is 0 Å². The average Bonchev–Trinajstić information content (AvgIpc) is 3.04. The standard InChI is InChI=1S/C17H20N4O3S/c1-17(2,3)9-5-6-10-11(8-18)15(25-12(10)7-9)19-14(22)13-16(23)24-20-21(13)4/h9H,5-7H2,1-4H3,(H-,19,20,22,23). The van der Waals surface area contributed by atoms with Crippen molar-refractivity contribution < 1.29 is 14.3 Å². The SMILES string of the molecule is C[n+]1[nH]oc(=O)c1/C([O-])=N/c1sc2c(c1C#N)CCC(C(C)(C)C)C2. The van der Waals surface area contributed by atoms with Gasteiger partial charge in [-0.2, -0.15) is 5.26 Å². The number of aromatic amines is 1. The van der Waals surface area contributed by atoms with E-state index in [-0.39, 0.29) is 11.1 Å². The van der Waals surface area contributed by atoms with Gasteiger partial charge in [0.2, 0.25) is 0 Å². The molecule has 2 heterocycles. The summed E-state index contributed by atoms with van der Waals surface area (Å²) < 4.78 is 5.77. The molecule has 1 N–H and O–H groups in total. The van der Waals surface area contributed by atoms with Crippen molar-refractivity contribution in [1.82, 2.24) is 5.27 Å². The second-order valence-corrected chi connectivity index (χ2v) is 8.49. The van der Waals surface area contributed by atoms with Gasteiger partial charge in [-0.3, -0.25) is 4.52 Å². The van der Waals surface area contributed by atoms with Crippen molar-refractivity contribution in [2.24, 2.45) is 23.4 Å². The number of rotatable bonds is 2. The smallest absolute Gasteiger partial charge is 0.435 e. The van der Waals surface area contributed by atoms with Gasteiger partial charge in [-0.15, -0.1) is 11.3 Å². The molecule has 132 valence electrons. The van der Waals surface area contributed by atoms with Crippen molar-refractivity contribution in [2.45, 2.75) is 40.0 Å². The predicted octanol–water partition coefficient (Wildman–Crippen LogP) is 1.32. The van der Waals surface area contributed by atoms with Crippen LogP contribution in [-0.2, 0) is 19.9 Å². The summed E-state index contributed by atoms with van der Waals surface area (Å²) in [6.07, 6.45) is 2.73. The van der Waals surface area contributed by atoms with E-state index in [1.165, 1.54) is 23.1 Å². The molecule has 1 unspecified atom stereocenters. The fraction of sp³-hybridized carbons (Fsp3) is 0.529. The Morgan fingerprint density at radius 1 is 1.52 bits per heavy atom. The third-order valence-electron chi connectivity index (χ3n) is 4.79. The molecule has 3 rings (SSSR count). The van der Waals surface area contributed by atoms with Crippen LogP contribution in [0, 0.1) is 22.7 Å². The van der Waals surface area contributed by atoms with E-state index >= 15 is 0 Å². The van der Waals surface area contributed by atoms with Gasteiger partial charge < -0.3 is 5.11 Å². The Kier molecular flexibility index (Phi) is 4.29. The molecule has 0 bridgehead atoms. The minimum atomic E-state index is -0.774. The van der Waals surface area contributed by atoms with Crippen LogP contribution in [-0.4, -0.2) is 11.2 Å². The minimum absolute atomic E-state index is 0.192. The van der Waals surface area contributed by atoms with Crippen LogP contribution in [0.15, 0.2) is 14.3 Å². The summed E-state index contributed by atoms with van der Waals surface area (Å²) in [6.45, 7) is 6.67. The predicted molar refractivity (Wildman–Crippen MR) is 90.7 cm³/mol. The van der Waals surface area contributed by atoms with E-state index < -0.39 is 11.5 Å². The van der Waals surface area contributed by atoms with Gasteiger partial charge in [0, 0.05) is 4.88 Å². The van der Waals surface area contributed by atoms with E-state index in [0.29, 0.717) is 16.5 Å². The van der Waals surface area contributed by atoms with Crippen LogP contribution < -0.4 is 15.4 Å². The van der Waals surface area contributed by atoms with Crippen molar-refractivity contribution >= 4 is 22.2 Å². The number of fused-ring (bicyclic) bond motifs is 1. The average molecular weight is 360 g/mol. The Morgan fingerprint density at radius 2 is 2.24 bits per heavy atom. The van der Waals surface area contributed by atoms with E-state index in [4.69, 9.17) is 0 Å². The maximum Gasteiger partial charge on any atom is 0.435 e. The molecule has 1 atom stereocenters. The Labute approximate surface area is 149 Å². The molecular formula is C17H20N4O3S. The largest absolute Gasteiger partial charge is 0.854 e. The molecule has 0 radical (unpaired) electrons. The molecule has 7 nitrogen and oxygen atoms in total. The van der Waals surface area contributed by atoms with Gasteiger partial charge in [-0.25, -0.2) is 9.79 Å². The van der Waals surface area contributed by atoms with Gasteiger partial charge in [0.1, 0.15) is 11.1 Å². The highest BCUT2D eigenvalue weighted by molar-refractivity contribution is 7.16. The van der Waals surface area contributed by atoms with Gasteiger partial charge in [0.25, 0.3) is 0 Å². The van der Waals surface area contributed by atoms with Crippen LogP contribution in [0.1, 0.15) is 48.9 Å². The number of hydrogen-bond donors (Lipinski definition) is 1. The molecular weight excluding hydrogens is 340 g/mol. The van der Waals surface area contributed by atoms with E-state index in [1.54, 1.807) is 0 Å². The first-order valence-corrected chi connectivity index (χ1v) is 8.92. The number of H-pyrrole nitrogens is 1. The van der Waals surface area contributed by atoms with E-state index in [0.717, 1.165) is 29.7 Å². The molecule has 0 amide bonds. The van der Waals surface area contributed by atoms with Crippen molar-refractivity contribution in [2.75, 3.05) is 0 Å². The molecule has 0 aliphatic heterocycles. The molecule has 1 aliphatic carbocycles. The zero-order valence-electron chi connectivity index (χ0n) is 14.7. The second-order valence-electron chi connectivity index (χ2n) is 7.41. The lowest BCUT2D eigenvalue weighted by molar-refractivity contribution is -0.742. The summed E-state index contributed by atoms with van der Waals surface area (Å²) in [7, 11) is 1.49. The zero-order chi connectivity index (χ0) is 18.4. The number of aliphatic imine (C=N–C) groups is 1. The molecule has 0 fully saturated rings. The lowest BCUT2D eigenvalue weighted by atomic mass is 9.72. The number of nitrogens with one attached hydrogen (secondary N) is 1. The summed E-state index contributed by atoms with van der Waals surface area (Å²) in [5.41, 5.74) is 0.694. The molecule has 8 heteroatoms. The van der Waals surface area contributed by atoms with Crippen LogP contribution in [0.3, 0.4) is 0 Å². The first kappa shape index (κ1) is 17.4. The fourth-order valence-corrected chi connectivity index (χ4v) is 4.47. The number of thiophene rings is 1. The molecule has 1 aliphatic rings. The van der Waals surface area contributed by atoms with E-state index in [1.807, 2.05) is 0 Å². The lowest BCUT2D eigenvalue weighted by Gasteiger charge is -2.33. The van der Waals surface area contributed by atoms with Gasteiger partial charge in [0.15, 0.2) is 7.05 Å². The van der Waals surface area contributed by atoms with Crippen molar-refractivity contribution in [3.05, 3.63) is 32.1 Å². The third kappa shape index (κ3) is 3.12. The lowest BCUT2D eigenvalue weighted by Crippen LogP contribution is -2.43. The topological polar surface area (TPSA) is 109 Å². The van der Waals surface area contributed by atoms with Gasteiger partial charge in [-0.1, -0.05) is 25.5 Å². The number of aryl methyl sites for hydroxylation is 1. The molecule has 0 aromatic carbocycles. The zero-order valence-corrected chi connectivity index (χ0v) is 15.5. The highest BCUT2D eigenvalue weighted by atomic mass is 32.1. The Morgan fingerprint density at radius 3 is 2.80 bits per heavy atom. The molecule has 0 spiro atoms. The molecule has 0 saturated heterocycles. The summed E-state index contributed by atoms with van der Waals surface area (Å²) in [6, 6.07) is 2.19. The summed E-state index contributed by atoms with van der Waals surface area (Å²) in [4.78, 5) is 16.8. The number of aromatic nitrogens is 2. The monoisotopic (exact) mass is 360 g/mol. The van der Waals surface area contributed by atoms with Crippen LogP contribution in [0.25, 0.3) is 0 Å². The number of nitrogens with zero attached hydrogens (tertiary/aromatic N) is 3. The van der Waals surface area contributed by atoms with E-state index in [2.05, 4.69) is 41.6 Å². The fourth-order valence-electron chi connectivity index (χ4n) is 3.22. The Bertz CT molecular complexity index is 937. The summed E-state index contributed by atoms with van der Waals surface area (Å²) >= 11 is 1.38. The minimum Gasteiger partial charge on any atom is -0.854 e. The maximum atomic E-state index is 12.4. The Balaban J connectivity index is 2.02. The van der Waals surface area contributed by atoms with Gasteiger partial charge in [-0.05, 0) is 41.4 Å². The molecule has 25 heavy (non-hydrogen) atoms. The summed E-state index contributed by atoms with van der Waals surface area (Å²) in [5, 5.41) is 24.6. The van der Waals surface area contributed by atoms with Crippen LogP contribution in [0.2, 0.25) is 0 Å².